The van der Waals surface area contributed by atoms with Crippen LogP contribution in [0.15, 0.2) is 27.7 Å². The number of aryl methyl sites for hydroxylation is 2. The molecule has 0 spiro atoms. The van der Waals surface area contributed by atoms with Gasteiger partial charge in [0.1, 0.15) is 9.86 Å². The van der Waals surface area contributed by atoms with E-state index in [4.69, 9.17) is 14.7 Å². The molecular weight excluding hydrogens is 436 g/mol. The van der Waals surface area contributed by atoms with Gasteiger partial charge in [-0.3, -0.25) is 4.57 Å². The van der Waals surface area contributed by atoms with Gasteiger partial charge in [0.2, 0.25) is 5.95 Å². The van der Waals surface area contributed by atoms with Crippen molar-refractivity contribution in [2.24, 2.45) is 0 Å². The van der Waals surface area contributed by atoms with Crippen LogP contribution in [-0.4, -0.2) is 51.0 Å². The normalized spacial score (nSPS) is 14.7. The van der Waals surface area contributed by atoms with Crippen LogP contribution >= 0.6 is 34.4 Å². The van der Waals surface area contributed by atoms with Gasteiger partial charge < -0.3 is 9.64 Å². The van der Waals surface area contributed by atoms with Crippen LogP contribution in [0.2, 0.25) is 0 Å². The topological polar surface area (TPSA) is 69.0 Å². The van der Waals surface area contributed by atoms with E-state index in [0.717, 1.165) is 69.9 Å². The quantitative estimate of drug-likeness (QED) is 0.404. The molecular formula is C20H22N6OS3. The molecule has 30 heavy (non-hydrogen) atoms. The standard InChI is InChI=1S/C20H22N6OS3/c1-4-26-19(25-7-9-27-10-8-25)23-24-20(26)30-18-15-12(2)13(3)29-17(15)21-16(22-18)14-6-5-11-28-14/h5-6,11H,4,7-10H2,1-3H3. The Kier molecular flexibility index (Phi) is 5.48. The molecule has 4 aromatic rings. The molecule has 7 nitrogen and oxygen atoms in total. The summed E-state index contributed by atoms with van der Waals surface area (Å²) in [6, 6.07) is 4.10. The van der Waals surface area contributed by atoms with E-state index >= 15 is 0 Å². The molecule has 0 radical (unpaired) electrons. The van der Waals surface area contributed by atoms with Gasteiger partial charge in [0.25, 0.3) is 0 Å². The predicted octanol–water partition coefficient (Wildman–Crippen LogP) is 4.64. The first-order chi connectivity index (χ1) is 14.7. The van der Waals surface area contributed by atoms with Crippen molar-refractivity contribution in [2.45, 2.75) is 37.5 Å². The van der Waals surface area contributed by atoms with E-state index in [1.165, 1.54) is 10.4 Å². The molecule has 0 aromatic carbocycles. The van der Waals surface area contributed by atoms with Crippen molar-refractivity contribution in [1.29, 1.82) is 0 Å². The molecule has 0 atom stereocenters. The summed E-state index contributed by atoms with van der Waals surface area (Å²) in [6.07, 6.45) is 0. The highest BCUT2D eigenvalue weighted by atomic mass is 32.2. The van der Waals surface area contributed by atoms with Crippen LogP contribution in [0.25, 0.3) is 20.9 Å². The van der Waals surface area contributed by atoms with Crippen molar-refractivity contribution < 1.29 is 4.74 Å². The zero-order valence-corrected chi connectivity index (χ0v) is 19.5. The molecule has 5 heterocycles. The van der Waals surface area contributed by atoms with Crippen LogP contribution in [0.3, 0.4) is 0 Å². The van der Waals surface area contributed by atoms with E-state index in [2.05, 4.69) is 51.9 Å². The fourth-order valence-corrected chi connectivity index (χ4v) is 6.33. The van der Waals surface area contributed by atoms with Gasteiger partial charge in [-0.15, -0.1) is 32.9 Å². The van der Waals surface area contributed by atoms with Gasteiger partial charge in [0.05, 0.1) is 18.1 Å². The molecule has 0 saturated carbocycles. The largest absolute Gasteiger partial charge is 0.378 e. The summed E-state index contributed by atoms with van der Waals surface area (Å²) < 4.78 is 7.66. The number of nitrogens with zero attached hydrogens (tertiary/aromatic N) is 6. The van der Waals surface area contributed by atoms with Crippen LogP contribution in [0, 0.1) is 13.8 Å². The average molecular weight is 459 g/mol. The lowest BCUT2D eigenvalue weighted by molar-refractivity contribution is 0.121. The number of fused-ring (bicyclic) bond motifs is 1. The number of thiophene rings is 2. The van der Waals surface area contributed by atoms with Gasteiger partial charge in [-0.05, 0) is 49.5 Å². The number of anilines is 1. The van der Waals surface area contributed by atoms with Crippen molar-refractivity contribution in [3.05, 3.63) is 28.0 Å². The van der Waals surface area contributed by atoms with Gasteiger partial charge in [0, 0.05) is 29.9 Å². The van der Waals surface area contributed by atoms with Crippen molar-refractivity contribution in [3.8, 4) is 10.7 Å². The van der Waals surface area contributed by atoms with Crippen molar-refractivity contribution in [1.82, 2.24) is 24.7 Å². The fourth-order valence-electron chi connectivity index (χ4n) is 3.52. The Bertz CT molecular complexity index is 1180. The minimum atomic E-state index is 0.725. The molecule has 1 saturated heterocycles. The van der Waals surface area contributed by atoms with E-state index in [1.807, 2.05) is 6.07 Å². The van der Waals surface area contributed by atoms with Crippen molar-refractivity contribution in [3.63, 3.8) is 0 Å². The second-order valence-electron chi connectivity index (χ2n) is 7.02. The molecule has 0 unspecified atom stereocenters. The third-order valence-electron chi connectivity index (χ3n) is 5.23. The maximum absolute atomic E-state index is 5.49. The lowest BCUT2D eigenvalue weighted by atomic mass is 10.2. The molecule has 5 rings (SSSR count). The minimum Gasteiger partial charge on any atom is -0.378 e. The van der Waals surface area contributed by atoms with E-state index in [9.17, 15) is 0 Å². The van der Waals surface area contributed by atoms with Gasteiger partial charge in [-0.2, -0.15) is 0 Å². The highest BCUT2D eigenvalue weighted by Gasteiger charge is 2.23. The Morgan fingerprint density at radius 1 is 1.17 bits per heavy atom. The van der Waals surface area contributed by atoms with Crippen LogP contribution in [0.1, 0.15) is 17.4 Å². The first kappa shape index (κ1) is 19.9. The van der Waals surface area contributed by atoms with Crippen molar-refractivity contribution >= 4 is 50.6 Å². The van der Waals surface area contributed by atoms with E-state index in [-0.39, 0.29) is 0 Å². The summed E-state index contributed by atoms with van der Waals surface area (Å²) in [5.41, 5.74) is 1.24. The van der Waals surface area contributed by atoms with Gasteiger partial charge in [-0.25, -0.2) is 9.97 Å². The average Bonchev–Trinajstić information content (AvgIpc) is 3.49. The lowest BCUT2D eigenvalue weighted by Gasteiger charge is -2.27. The summed E-state index contributed by atoms with van der Waals surface area (Å²) in [7, 11) is 0. The molecule has 1 aliphatic heterocycles. The second kappa shape index (κ2) is 8.26. The Labute approximate surface area is 187 Å². The molecule has 0 bridgehead atoms. The summed E-state index contributed by atoms with van der Waals surface area (Å²) in [5, 5.41) is 14.0. The molecule has 1 fully saturated rings. The van der Waals surface area contributed by atoms with Crippen LogP contribution in [0.4, 0.5) is 5.95 Å². The minimum absolute atomic E-state index is 0.725. The molecule has 156 valence electrons. The lowest BCUT2D eigenvalue weighted by Crippen LogP contribution is -2.38. The fraction of sp³-hybridized carbons (Fsp3) is 0.400. The van der Waals surface area contributed by atoms with E-state index in [0.29, 0.717) is 0 Å². The first-order valence-electron chi connectivity index (χ1n) is 9.91. The van der Waals surface area contributed by atoms with Crippen molar-refractivity contribution in [2.75, 3.05) is 31.2 Å². The smallest absolute Gasteiger partial charge is 0.228 e. The van der Waals surface area contributed by atoms with Crippen LogP contribution in [0.5, 0.6) is 0 Å². The third-order valence-corrected chi connectivity index (χ3v) is 8.17. The van der Waals surface area contributed by atoms with E-state index in [1.54, 1.807) is 34.4 Å². The Balaban J connectivity index is 1.59. The summed E-state index contributed by atoms with van der Waals surface area (Å²) in [6.45, 7) is 10.4. The van der Waals surface area contributed by atoms with Crippen LogP contribution in [-0.2, 0) is 11.3 Å². The SMILES string of the molecule is CCn1c(Sc2nc(-c3cccs3)nc3sc(C)c(C)c23)nnc1N1CCOCC1. The van der Waals surface area contributed by atoms with Gasteiger partial charge in [0.15, 0.2) is 11.0 Å². The zero-order valence-electron chi connectivity index (χ0n) is 17.1. The molecule has 0 N–H and O–H groups in total. The molecule has 0 aliphatic carbocycles. The zero-order chi connectivity index (χ0) is 20.7. The summed E-state index contributed by atoms with van der Waals surface area (Å²) in [4.78, 5) is 15.5. The Hall–Kier alpha value is -2.01. The maximum Gasteiger partial charge on any atom is 0.228 e. The predicted molar refractivity (Wildman–Crippen MR) is 123 cm³/mol. The number of ether oxygens (including phenoxy) is 1. The molecule has 1 aliphatic rings. The Morgan fingerprint density at radius 2 is 2.00 bits per heavy atom. The van der Waals surface area contributed by atoms with Gasteiger partial charge >= 0.3 is 0 Å². The van der Waals surface area contributed by atoms with Crippen LogP contribution < -0.4 is 4.90 Å². The van der Waals surface area contributed by atoms with Gasteiger partial charge in [-0.1, -0.05) is 6.07 Å². The summed E-state index contributed by atoms with van der Waals surface area (Å²) >= 11 is 4.97. The highest BCUT2D eigenvalue weighted by Crippen LogP contribution is 2.39. The second-order valence-corrected chi connectivity index (χ2v) is 10.1. The number of morpholine rings is 1. The first-order valence-corrected chi connectivity index (χ1v) is 12.4. The number of rotatable bonds is 5. The monoisotopic (exact) mass is 458 g/mol. The number of aromatic nitrogens is 5. The highest BCUT2D eigenvalue weighted by molar-refractivity contribution is 7.99. The maximum atomic E-state index is 5.49. The Morgan fingerprint density at radius 3 is 2.73 bits per heavy atom. The third kappa shape index (κ3) is 3.51. The summed E-state index contributed by atoms with van der Waals surface area (Å²) in [5.74, 6) is 1.68. The molecule has 0 amide bonds. The molecule has 4 aromatic heterocycles. The number of hydrogen-bond acceptors (Lipinski definition) is 9. The number of hydrogen-bond donors (Lipinski definition) is 0. The molecule has 10 heteroatoms. The van der Waals surface area contributed by atoms with E-state index < -0.39 is 0 Å².